The molecule has 3 aromatic rings. The van der Waals surface area contributed by atoms with Crippen LogP contribution in [0.1, 0.15) is 56.2 Å². The molecule has 3 aromatic carbocycles. The summed E-state index contributed by atoms with van der Waals surface area (Å²) in [5.41, 5.74) is 2.86. The van der Waals surface area contributed by atoms with E-state index < -0.39 is 49.2 Å². The largest absolute Gasteiger partial charge is 0.463 e. The van der Waals surface area contributed by atoms with Crippen molar-refractivity contribution in [2.24, 2.45) is 0 Å². The van der Waals surface area contributed by atoms with Crippen LogP contribution in [0.5, 0.6) is 0 Å². The fraction of sp³-hybridized carbons (Fsp3) is 0.500. The fourth-order valence-corrected chi connectivity index (χ4v) is 6.03. The molecule has 0 aliphatic carbocycles. The van der Waals surface area contributed by atoms with Crippen LogP contribution in [0.2, 0.25) is 0 Å². The molecule has 8 atom stereocenters. The zero-order chi connectivity index (χ0) is 35.8. The minimum absolute atomic E-state index is 0.0454. The van der Waals surface area contributed by atoms with Gasteiger partial charge in [-0.1, -0.05) is 105 Å². The number of hydrogen-bond acceptors (Lipinski definition) is 11. The third kappa shape index (κ3) is 11.4. The van der Waals surface area contributed by atoms with Crippen molar-refractivity contribution in [3.63, 3.8) is 0 Å². The smallest absolute Gasteiger partial charge is 0.305 e. The van der Waals surface area contributed by atoms with E-state index in [1.807, 2.05) is 105 Å². The monoisotopic (exact) mass is 706 g/mol. The van der Waals surface area contributed by atoms with E-state index >= 15 is 0 Å². The Morgan fingerprint density at radius 2 is 0.941 bits per heavy atom. The average Bonchev–Trinajstić information content (AvgIpc) is 3.67. The van der Waals surface area contributed by atoms with E-state index in [0.717, 1.165) is 16.7 Å². The lowest BCUT2D eigenvalue weighted by molar-refractivity contribution is -0.251. The van der Waals surface area contributed by atoms with Gasteiger partial charge >= 0.3 is 11.9 Å². The first-order valence-corrected chi connectivity index (χ1v) is 17.8. The Bertz CT molecular complexity index is 1440. The lowest BCUT2D eigenvalue weighted by atomic mass is 10.1. The third-order valence-electron chi connectivity index (χ3n) is 8.64. The first-order chi connectivity index (χ1) is 25.0. The van der Waals surface area contributed by atoms with Crippen LogP contribution < -0.4 is 0 Å². The molecule has 276 valence electrons. The summed E-state index contributed by atoms with van der Waals surface area (Å²) in [5.74, 6) is -0.652. The number of hydrogen-bond donors (Lipinski definition) is 0. The zero-order valence-electron chi connectivity index (χ0n) is 29.6. The Labute approximate surface area is 300 Å². The second-order valence-corrected chi connectivity index (χ2v) is 12.6. The van der Waals surface area contributed by atoms with Gasteiger partial charge in [0.2, 0.25) is 0 Å². The van der Waals surface area contributed by atoms with Crippen LogP contribution in [0.4, 0.5) is 0 Å². The van der Waals surface area contributed by atoms with E-state index in [9.17, 15) is 9.59 Å². The lowest BCUT2D eigenvalue weighted by Gasteiger charge is -2.29. The van der Waals surface area contributed by atoms with Gasteiger partial charge in [0.25, 0.3) is 0 Å². The van der Waals surface area contributed by atoms with E-state index in [0.29, 0.717) is 19.3 Å². The molecule has 0 unspecified atom stereocenters. The van der Waals surface area contributed by atoms with Crippen molar-refractivity contribution in [1.82, 2.24) is 0 Å². The maximum Gasteiger partial charge on any atom is 0.305 e. The summed E-state index contributed by atoms with van der Waals surface area (Å²) in [5, 5.41) is 0. The number of benzene rings is 3. The van der Waals surface area contributed by atoms with Gasteiger partial charge in [0.05, 0.1) is 19.8 Å². The topological polar surface area (TPSA) is 117 Å². The van der Waals surface area contributed by atoms with E-state index in [2.05, 4.69) is 0 Å². The summed E-state index contributed by atoms with van der Waals surface area (Å²) in [6, 6.07) is 29.3. The van der Waals surface area contributed by atoms with Gasteiger partial charge in [-0.15, -0.1) is 0 Å². The van der Waals surface area contributed by atoms with E-state index in [-0.39, 0.29) is 51.4 Å². The number of methoxy groups -OCH3 is 1. The molecule has 0 radical (unpaired) electrons. The molecule has 5 rings (SSSR count). The molecule has 0 bridgehead atoms. The van der Waals surface area contributed by atoms with Crippen molar-refractivity contribution < 1.29 is 52.2 Å². The molecule has 51 heavy (non-hydrogen) atoms. The van der Waals surface area contributed by atoms with E-state index in [1.54, 1.807) is 0 Å². The second-order valence-electron chi connectivity index (χ2n) is 12.6. The highest BCUT2D eigenvalue weighted by Gasteiger charge is 2.54. The Morgan fingerprint density at radius 1 is 0.549 bits per heavy atom. The van der Waals surface area contributed by atoms with Crippen LogP contribution in [0, 0.1) is 0 Å². The third-order valence-corrected chi connectivity index (χ3v) is 8.64. The van der Waals surface area contributed by atoms with Crippen molar-refractivity contribution in [3.8, 4) is 0 Å². The van der Waals surface area contributed by atoms with Gasteiger partial charge < -0.3 is 42.6 Å². The predicted molar refractivity (Wildman–Crippen MR) is 186 cm³/mol. The Kier molecular flexibility index (Phi) is 15.4. The van der Waals surface area contributed by atoms with E-state index in [1.165, 1.54) is 7.11 Å². The summed E-state index contributed by atoms with van der Waals surface area (Å²) in [6.07, 6.45) is -4.35. The standard InChI is InChI=1S/C40H50O11/c1-4-15-33(41)44-26-31-35(46-23-28-17-9-6-10-18-28)37(48-25-30-21-13-8-14-22-30)40(50-31)51-38-36(47-24-29-19-11-7-12-20-29)32(49-39(38)43-3)27-45-34(42)16-5-2/h6-14,17-22,31-32,35-40H,4-5,15-16,23-27H2,1-3H3/t31-,32-,35-,36-,37+,38+,39+,40+/m1/s1. The molecule has 2 saturated heterocycles. The van der Waals surface area contributed by atoms with Gasteiger partial charge in [0.1, 0.15) is 49.8 Å². The van der Waals surface area contributed by atoms with Crippen LogP contribution in [0.3, 0.4) is 0 Å². The SMILES string of the molecule is CCCC(=O)OC[C@H]1O[C@@H](O[C@@H]2[C@@H](OC)O[C@H](COC(=O)CCC)[C@H]2OCc2ccccc2)[C@@H](OCc2ccccc2)[C@@H]1OCc1ccccc1. The Hall–Kier alpha value is -3.68. The summed E-state index contributed by atoms with van der Waals surface area (Å²) in [6.45, 7) is 4.51. The second kappa shape index (κ2) is 20.4. The molecule has 0 saturated carbocycles. The minimum atomic E-state index is -1.00. The predicted octanol–water partition coefficient (Wildman–Crippen LogP) is 5.91. The molecule has 2 fully saturated rings. The number of carbonyl (C=O) groups is 2. The van der Waals surface area contributed by atoms with Crippen LogP contribution >= 0.6 is 0 Å². The van der Waals surface area contributed by atoms with Crippen molar-refractivity contribution in [3.05, 3.63) is 108 Å². The maximum absolute atomic E-state index is 12.5. The van der Waals surface area contributed by atoms with Crippen molar-refractivity contribution in [2.75, 3.05) is 20.3 Å². The molecule has 0 amide bonds. The molecular formula is C40H50O11. The van der Waals surface area contributed by atoms with Gasteiger partial charge in [-0.05, 0) is 29.5 Å². The maximum atomic E-state index is 12.5. The zero-order valence-corrected chi connectivity index (χ0v) is 29.6. The highest BCUT2D eigenvalue weighted by molar-refractivity contribution is 5.69. The summed E-state index contributed by atoms with van der Waals surface area (Å²) >= 11 is 0. The van der Waals surface area contributed by atoms with Crippen molar-refractivity contribution in [2.45, 2.75) is 109 Å². The van der Waals surface area contributed by atoms with Gasteiger partial charge in [-0.25, -0.2) is 0 Å². The normalized spacial score (nSPS) is 25.9. The summed E-state index contributed by atoms with van der Waals surface area (Å²) < 4.78 is 56.0. The molecular weight excluding hydrogens is 656 g/mol. The van der Waals surface area contributed by atoms with Crippen LogP contribution in [0.15, 0.2) is 91.0 Å². The molecule has 0 spiro atoms. The van der Waals surface area contributed by atoms with Gasteiger partial charge in [-0.2, -0.15) is 0 Å². The molecule has 0 aromatic heterocycles. The number of rotatable bonds is 20. The number of ether oxygens (including phenoxy) is 9. The average molecular weight is 707 g/mol. The fourth-order valence-electron chi connectivity index (χ4n) is 6.03. The minimum Gasteiger partial charge on any atom is -0.463 e. The molecule has 2 aliphatic rings. The van der Waals surface area contributed by atoms with Crippen LogP contribution in [-0.4, -0.2) is 81.5 Å². The highest BCUT2D eigenvalue weighted by Crippen LogP contribution is 2.35. The number of esters is 2. The van der Waals surface area contributed by atoms with Gasteiger partial charge in [0, 0.05) is 20.0 Å². The molecule has 2 heterocycles. The Morgan fingerprint density at radius 3 is 1.35 bits per heavy atom. The van der Waals surface area contributed by atoms with Crippen LogP contribution in [0.25, 0.3) is 0 Å². The Balaban J connectivity index is 1.41. The summed E-state index contributed by atoms with van der Waals surface area (Å²) in [7, 11) is 1.52. The molecule has 11 nitrogen and oxygen atoms in total. The first kappa shape index (κ1) is 38.5. The first-order valence-electron chi connectivity index (χ1n) is 17.8. The van der Waals surface area contributed by atoms with Crippen LogP contribution in [-0.2, 0) is 72.0 Å². The molecule has 11 heteroatoms. The summed E-state index contributed by atoms with van der Waals surface area (Å²) in [4.78, 5) is 24.8. The number of carbonyl (C=O) groups excluding carboxylic acids is 2. The quantitative estimate of drug-likeness (QED) is 0.131. The lowest BCUT2D eigenvalue weighted by Crippen LogP contribution is -2.45. The van der Waals surface area contributed by atoms with Gasteiger partial charge in [0.15, 0.2) is 12.6 Å². The molecule has 0 N–H and O–H groups in total. The highest BCUT2D eigenvalue weighted by atomic mass is 16.8. The van der Waals surface area contributed by atoms with Crippen molar-refractivity contribution in [1.29, 1.82) is 0 Å². The van der Waals surface area contributed by atoms with E-state index in [4.69, 9.17) is 42.6 Å². The molecule has 2 aliphatic heterocycles. The van der Waals surface area contributed by atoms with Gasteiger partial charge in [-0.3, -0.25) is 9.59 Å². The van der Waals surface area contributed by atoms with Crippen molar-refractivity contribution >= 4 is 11.9 Å².